The molecule has 1 aromatic rings. The predicted octanol–water partition coefficient (Wildman–Crippen LogP) is 2.89. The maximum absolute atomic E-state index is 14.3. The third-order valence-corrected chi connectivity index (χ3v) is 10.6. The Bertz CT molecular complexity index is 1240. The second-order valence-electron chi connectivity index (χ2n) is 14.0. The van der Waals surface area contributed by atoms with Gasteiger partial charge < -0.3 is 35.1 Å². The van der Waals surface area contributed by atoms with E-state index in [9.17, 15) is 19.2 Å². The van der Waals surface area contributed by atoms with E-state index in [0.29, 0.717) is 37.4 Å². The van der Waals surface area contributed by atoms with Crippen LogP contribution in [-0.4, -0.2) is 130 Å². The minimum atomic E-state index is -0.611. The first kappa shape index (κ1) is 40.4. The van der Waals surface area contributed by atoms with E-state index >= 15 is 0 Å². The van der Waals surface area contributed by atoms with Gasteiger partial charge in [-0.2, -0.15) is 0 Å². The van der Waals surface area contributed by atoms with E-state index in [1.54, 1.807) is 44.4 Å². The summed E-state index contributed by atoms with van der Waals surface area (Å²) < 4.78 is 17.4. The van der Waals surface area contributed by atoms with Crippen molar-refractivity contribution in [1.29, 1.82) is 0 Å². The zero-order valence-electron chi connectivity index (χ0n) is 31.0. The molecule has 7 atom stereocenters. The molecule has 0 saturated carbocycles. The Balaban J connectivity index is 1.76. The first-order chi connectivity index (χ1) is 23.4. The molecule has 2 aliphatic heterocycles. The van der Waals surface area contributed by atoms with Crippen LogP contribution in [0.15, 0.2) is 24.3 Å². The fourth-order valence-electron chi connectivity index (χ4n) is 7.62. The van der Waals surface area contributed by atoms with Gasteiger partial charge in [0.05, 0.1) is 55.8 Å². The number of primary amides is 1. The number of nitrogens with one attached hydrogen (secondary N) is 1. The molecule has 12 heteroatoms. The average Bonchev–Trinajstić information content (AvgIpc) is 3.58. The molecule has 12 nitrogen and oxygen atoms in total. The number of morpholine rings is 1. The van der Waals surface area contributed by atoms with Crippen molar-refractivity contribution in [2.75, 3.05) is 67.2 Å². The van der Waals surface area contributed by atoms with Crippen LogP contribution < -0.4 is 11.1 Å². The summed E-state index contributed by atoms with van der Waals surface area (Å²) in [6.45, 7) is 14.9. The molecule has 276 valence electrons. The molecule has 0 aliphatic carbocycles. The molecule has 3 rings (SSSR count). The molecule has 1 aromatic carbocycles. The lowest BCUT2D eigenvalue weighted by molar-refractivity contribution is -0.146. The fraction of sp³-hybridized carbons (Fsp3) is 0.730. The van der Waals surface area contributed by atoms with Gasteiger partial charge in [0, 0.05) is 59.6 Å². The van der Waals surface area contributed by atoms with E-state index in [1.165, 1.54) is 0 Å². The van der Waals surface area contributed by atoms with Gasteiger partial charge in [0.2, 0.25) is 23.6 Å². The lowest BCUT2D eigenvalue weighted by Gasteiger charge is -2.41. The van der Waals surface area contributed by atoms with Gasteiger partial charge in [0.25, 0.3) is 0 Å². The first-order valence-corrected chi connectivity index (χ1v) is 18.0. The van der Waals surface area contributed by atoms with E-state index in [4.69, 9.17) is 19.9 Å². The lowest BCUT2D eigenvalue weighted by atomic mass is 9.82. The normalized spacial score (nSPS) is 20.7. The summed E-state index contributed by atoms with van der Waals surface area (Å²) in [5.41, 5.74) is 6.63. The molecule has 2 saturated heterocycles. The van der Waals surface area contributed by atoms with Crippen LogP contribution in [-0.2, 0) is 28.6 Å². The molecule has 2 fully saturated rings. The van der Waals surface area contributed by atoms with Crippen molar-refractivity contribution in [3.63, 3.8) is 0 Å². The summed E-state index contributed by atoms with van der Waals surface area (Å²) >= 11 is 0. The number of likely N-dealkylation sites (tertiary alicyclic amines) is 1. The molecular weight excluding hydrogens is 626 g/mol. The molecule has 3 N–H and O–H groups in total. The monoisotopic (exact) mass is 687 g/mol. The van der Waals surface area contributed by atoms with Gasteiger partial charge in [-0.25, -0.2) is 0 Å². The summed E-state index contributed by atoms with van der Waals surface area (Å²) in [6.07, 6.45) is 1.32. The molecular formula is C37H61N5O7. The van der Waals surface area contributed by atoms with E-state index in [0.717, 1.165) is 38.9 Å². The van der Waals surface area contributed by atoms with Crippen LogP contribution in [0, 0.1) is 17.8 Å². The maximum Gasteiger partial charge on any atom is 0.249 e. The van der Waals surface area contributed by atoms with Gasteiger partial charge in [-0.3, -0.25) is 24.1 Å². The Morgan fingerprint density at radius 2 is 1.71 bits per heavy atom. The second kappa shape index (κ2) is 19.4. The second-order valence-corrected chi connectivity index (χ2v) is 14.0. The highest BCUT2D eigenvalue weighted by Crippen LogP contribution is 2.33. The Hall–Kier alpha value is -3.06. The van der Waals surface area contributed by atoms with Crippen molar-refractivity contribution in [3.05, 3.63) is 35.4 Å². The number of benzene rings is 1. The molecule has 0 unspecified atom stereocenters. The number of hydrogen-bond acceptors (Lipinski definition) is 8. The summed E-state index contributed by atoms with van der Waals surface area (Å²) in [6, 6.07) is 6.32. The van der Waals surface area contributed by atoms with Gasteiger partial charge in [-0.1, -0.05) is 59.2 Å². The lowest BCUT2D eigenvalue weighted by Crippen LogP contribution is -2.54. The van der Waals surface area contributed by atoms with Crippen molar-refractivity contribution in [3.8, 4) is 0 Å². The Labute approximate surface area is 293 Å². The number of methoxy groups -OCH3 is 2. The zero-order chi connectivity index (χ0) is 36.2. The molecule has 49 heavy (non-hydrogen) atoms. The highest BCUT2D eigenvalue weighted by molar-refractivity contribution is 5.97. The molecule has 0 bridgehead atoms. The third-order valence-electron chi connectivity index (χ3n) is 10.6. The number of ether oxygens (including phenoxy) is 3. The number of likely N-dealkylation sites (N-methyl/N-ethyl adjacent to an activating group) is 1. The van der Waals surface area contributed by atoms with Crippen molar-refractivity contribution in [2.24, 2.45) is 23.5 Å². The zero-order valence-corrected chi connectivity index (χ0v) is 31.0. The molecule has 0 radical (unpaired) electrons. The quantitative estimate of drug-likeness (QED) is 0.240. The summed E-state index contributed by atoms with van der Waals surface area (Å²) in [4.78, 5) is 59.8. The Kier molecular flexibility index (Phi) is 16.0. The van der Waals surface area contributed by atoms with Gasteiger partial charge in [-0.15, -0.1) is 0 Å². The molecule has 0 aromatic heterocycles. The van der Waals surface area contributed by atoms with Crippen molar-refractivity contribution >= 4 is 23.6 Å². The minimum absolute atomic E-state index is 0.00757. The number of rotatable bonds is 18. The fourth-order valence-corrected chi connectivity index (χ4v) is 7.62. The highest BCUT2D eigenvalue weighted by atomic mass is 16.5. The van der Waals surface area contributed by atoms with Crippen LogP contribution in [0.25, 0.3) is 0 Å². The first-order valence-electron chi connectivity index (χ1n) is 18.0. The van der Waals surface area contributed by atoms with Crippen LogP contribution in [0.5, 0.6) is 0 Å². The third kappa shape index (κ3) is 10.2. The molecule has 2 aliphatic rings. The van der Waals surface area contributed by atoms with E-state index in [1.807, 2.05) is 31.7 Å². The van der Waals surface area contributed by atoms with Gasteiger partial charge in [0.1, 0.15) is 0 Å². The number of carbonyl (C=O) groups is 4. The summed E-state index contributed by atoms with van der Waals surface area (Å²) in [5.74, 6) is -2.10. The van der Waals surface area contributed by atoms with Crippen LogP contribution in [0.1, 0.15) is 82.1 Å². The minimum Gasteiger partial charge on any atom is -0.379 e. The Morgan fingerprint density at radius 1 is 1.04 bits per heavy atom. The standard InChI is InChI=1S/C37H61N5O7/c1-9-25(4)33(40(6)37(46)32(24(2)3)27-13-10-11-14-28(27)35(38)44)30(47-7)23-31(43)42-17-12-15-29(42)34(48-8)26(5)36(45)39-16-18-41-19-21-49-22-20-41/h10-11,13-14,24-26,29-30,32-34H,9,12,15-23H2,1-8H3,(H2,38,44)(H,39,45)/t25-,26+,29-,30+,32-,33-,34+/m0/s1. The Morgan fingerprint density at radius 3 is 2.31 bits per heavy atom. The van der Waals surface area contributed by atoms with Crippen LogP contribution >= 0.6 is 0 Å². The van der Waals surface area contributed by atoms with Gasteiger partial charge in [0.15, 0.2) is 0 Å². The van der Waals surface area contributed by atoms with Crippen LogP contribution in [0.3, 0.4) is 0 Å². The SMILES string of the molecule is CC[C@H](C)[C@@H]([C@@H](CC(=O)N1CCC[C@H]1[C@H](OC)[C@@H](C)C(=O)NCCN1CCOCC1)OC)N(C)C(=O)[C@H](c1ccccc1C(N)=O)C(C)C. The van der Waals surface area contributed by atoms with Crippen LogP contribution in [0.2, 0.25) is 0 Å². The largest absolute Gasteiger partial charge is 0.379 e. The van der Waals surface area contributed by atoms with Crippen molar-refractivity contribution in [2.45, 2.75) is 90.5 Å². The van der Waals surface area contributed by atoms with Crippen molar-refractivity contribution < 1.29 is 33.4 Å². The predicted molar refractivity (Wildman–Crippen MR) is 189 cm³/mol. The number of amides is 4. The summed E-state index contributed by atoms with van der Waals surface area (Å²) in [7, 11) is 4.94. The van der Waals surface area contributed by atoms with Gasteiger partial charge in [-0.05, 0) is 36.3 Å². The molecule has 0 spiro atoms. The van der Waals surface area contributed by atoms with Crippen LogP contribution in [0.4, 0.5) is 0 Å². The number of hydrogen-bond donors (Lipinski definition) is 2. The molecule has 4 amide bonds. The highest BCUT2D eigenvalue weighted by Gasteiger charge is 2.43. The number of nitrogens with zero attached hydrogens (tertiary/aromatic N) is 3. The summed E-state index contributed by atoms with van der Waals surface area (Å²) in [5, 5.41) is 3.06. The maximum atomic E-state index is 14.3. The van der Waals surface area contributed by atoms with E-state index in [-0.39, 0.29) is 42.0 Å². The average molecular weight is 688 g/mol. The molecule has 2 heterocycles. The number of nitrogens with two attached hydrogens (primary N) is 1. The van der Waals surface area contributed by atoms with Gasteiger partial charge >= 0.3 is 0 Å². The van der Waals surface area contributed by atoms with Crippen molar-refractivity contribution in [1.82, 2.24) is 20.0 Å². The van der Waals surface area contributed by atoms with E-state index in [2.05, 4.69) is 24.1 Å². The number of carbonyl (C=O) groups excluding carboxylic acids is 4. The topological polar surface area (TPSA) is 144 Å². The smallest absolute Gasteiger partial charge is 0.249 e. The van der Waals surface area contributed by atoms with E-state index < -0.39 is 36.0 Å².